The summed E-state index contributed by atoms with van der Waals surface area (Å²) in [5, 5.41) is 10.5. The quantitative estimate of drug-likeness (QED) is 0.467. The Hall–Kier alpha value is -1.56. The van der Waals surface area contributed by atoms with Crippen LogP contribution in [-0.4, -0.2) is 15.0 Å². The van der Waals surface area contributed by atoms with Crippen molar-refractivity contribution < 1.29 is 4.42 Å². The first kappa shape index (κ1) is 13.9. The number of fused-ring (bicyclic) bond motifs is 1. The van der Waals surface area contributed by atoms with E-state index in [4.69, 9.17) is 9.68 Å². The Kier molecular flexibility index (Phi) is 5.20. The Bertz CT molecular complexity index is 642. The molecule has 0 aliphatic carbocycles. The van der Waals surface area contributed by atoms with Gasteiger partial charge in [0.05, 0.1) is 0 Å². The van der Waals surface area contributed by atoms with Crippen molar-refractivity contribution in [3.05, 3.63) is 46.3 Å². The molecule has 98 valence electrons. The summed E-state index contributed by atoms with van der Waals surface area (Å²) in [7, 11) is 0. The van der Waals surface area contributed by atoms with Crippen LogP contribution in [-0.2, 0) is 6.42 Å². The molecule has 1 heterocycles. The molecule has 3 nitrogen and oxygen atoms in total. The standard InChI is InChI=1S/C15H15NO2Se/c16-11-19-9-3-1-2-4-12-5-6-13-7-8-15(17)18-14(13)10-12/h5-8,10H,1-4,9H2. The Morgan fingerprint density at radius 2 is 2.00 bits per heavy atom. The number of nitrogens with zero attached hydrogens (tertiary/aromatic N) is 1. The van der Waals surface area contributed by atoms with Crippen LogP contribution >= 0.6 is 0 Å². The van der Waals surface area contributed by atoms with Crippen LogP contribution in [0.2, 0.25) is 5.32 Å². The molecule has 0 saturated heterocycles. The van der Waals surface area contributed by atoms with Crippen molar-refractivity contribution in [2.45, 2.75) is 31.0 Å². The number of unbranched alkanes of at least 4 members (excludes halogenated alkanes) is 2. The Labute approximate surface area is 118 Å². The molecule has 0 aliphatic heterocycles. The summed E-state index contributed by atoms with van der Waals surface area (Å²) in [6, 6.07) is 9.26. The number of benzene rings is 1. The fourth-order valence-corrected chi connectivity index (χ4v) is 2.91. The third-order valence-electron chi connectivity index (χ3n) is 2.96. The van der Waals surface area contributed by atoms with Gasteiger partial charge in [-0.25, -0.2) is 0 Å². The normalized spacial score (nSPS) is 10.5. The fourth-order valence-electron chi connectivity index (χ4n) is 1.99. The van der Waals surface area contributed by atoms with E-state index in [9.17, 15) is 4.79 Å². The van der Waals surface area contributed by atoms with Gasteiger partial charge >= 0.3 is 118 Å². The molecule has 0 unspecified atom stereocenters. The minimum atomic E-state index is -0.302. The number of rotatable bonds is 6. The summed E-state index contributed by atoms with van der Waals surface area (Å²) < 4.78 is 5.17. The fraction of sp³-hybridized carbons (Fsp3) is 0.333. The molecule has 0 amide bonds. The van der Waals surface area contributed by atoms with E-state index in [0.29, 0.717) is 5.58 Å². The molecular formula is C15H15NO2Se. The van der Waals surface area contributed by atoms with E-state index in [1.807, 2.05) is 12.1 Å². The second-order valence-corrected chi connectivity index (χ2v) is 6.22. The SMILES string of the molecule is N#C[Se]CCCCCc1ccc2ccc(=O)oc2c1. The molecule has 0 atom stereocenters. The molecule has 0 radical (unpaired) electrons. The minimum absolute atomic E-state index is 0.159. The second-order valence-electron chi connectivity index (χ2n) is 4.38. The van der Waals surface area contributed by atoms with Crippen LogP contribution in [0.5, 0.6) is 0 Å². The van der Waals surface area contributed by atoms with Crippen LogP contribution in [0.25, 0.3) is 11.0 Å². The topological polar surface area (TPSA) is 54.0 Å². The van der Waals surface area contributed by atoms with Gasteiger partial charge in [-0.3, -0.25) is 0 Å². The van der Waals surface area contributed by atoms with Crippen LogP contribution in [0.3, 0.4) is 0 Å². The van der Waals surface area contributed by atoms with Crippen molar-refractivity contribution in [2.75, 3.05) is 0 Å². The van der Waals surface area contributed by atoms with E-state index >= 15 is 0 Å². The van der Waals surface area contributed by atoms with Gasteiger partial charge in [-0.15, -0.1) is 0 Å². The molecule has 0 saturated carbocycles. The number of nitriles is 1. The number of hydrogen-bond acceptors (Lipinski definition) is 3. The molecule has 0 N–H and O–H groups in total. The summed E-state index contributed by atoms with van der Waals surface area (Å²) in [4.78, 5) is 13.4. The van der Waals surface area contributed by atoms with E-state index in [-0.39, 0.29) is 20.6 Å². The van der Waals surface area contributed by atoms with Crippen molar-refractivity contribution in [3.63, 3.8) is 0 Å². The van der Waals surface area contributed by atoms with Crippen molar-refractivity contribution in [2.24, 2.45) is 0 Å². The third kappa shape index (κ3) is 4.24. The van der Waals surface area contributed by atoms with Crippen molar-refractivity contribution in [3.8, 4) is 4.97 Å². The van der Waals surface area contributed by atoms with Gasteiger partial charge in [0, 0.05) is 0 Å². The first-order valence-electron chi connectivity index (χ1n) is 6.33. The average molecular weight is 320 g/mol. The molecule has 2 aromatic rings. The first-order valence-corrected chi connectivity index (χ1v) is 8.40. The van der Waals surface area contributed by atoms with Gasteiger partial charge in [0.15, 0.2) is 0 Å². The molecule has 2 rings (SSSR count). The predicted molar refractivity (Wildman–Crippen MR) is 76.2 cm³/mol. The molecule has 0 bridgehead atoms. The van der Waals surface area contributed by atoms with E-state index in [1.54, 1.807) is 6.07 Å². The maximum atomic E-state index is 11.2. The zero-order chi connectivity index (χ0) is 13.5. The zero-order valence-corrected chi connectivity index (χ0v) is 12.3. The van der Waals surface area contributed by atoms with Crippen LogP contribution in [0.4, 0.5) is 0 Å². The van der Waals surface area contributed by atoms with Crippen molar-refractivity contribution in [1.29, 1.82) is 5.26 Å². The van der Waals surface area contributed by atoms with Crippen LogP contribution in [0.1, 0.15) is 24.8 Å². The van der Waals surface area contributed by atoms with Crippen molar-refractivity contribution >= 4 is 25.9 Å². The summed E-state index contributed by atoms with van der Waals surface area (Å²) in [6.07, 6.45) is 4.40. The molecule has 0 fully saturated rings. The zero-order valence-electron chi connectivity index (χ0n) is 10.6. The van der Waals surface area contributed by atoms with Gasteiger partial charge in [0.2, 0.25) is 0 Å². The van der Waals surface area contributed by atoms with Crippen LogP contribution in [0.15, 0.2) is 39.5 Å². The summed E-state index contributed by atoms with van der Waals surface area (Å²) in [5.74, 6) is 0. The van der Waals surface area contributed by atoms with Gasteiger partial charge in [-0.2, -0.15) is 0 Å². The summed E-state index contributed by atoms with van der Waals surface area (Å²) in [5.41, 5.74) is 1.56. The van der Waals surface area contributed by atoms with Gasteiger partial charge in [0.1, 0.15) is 0 Å². The maximum absolute atomic E-state index is 11.2. The average Bonchev–Trinajstić information content (AvgIpc) is 2.42. The second kappa shape index (κ2) is 7.13. The molecule has 0 spiro atoms. The van der Waals surface area contributed by atoms with Crippen LogP contribution in [0, 0.1) is 10.2 Å². The van der Waals surface area contributed by atoms with E-state index in [2.05, 4.69) is 11.0 Å². The Morgan fingerprint density at radius 1 is 1.16 bits per heavy atom. The number of hydrogen-bond donors (Lipinski definition) is 0. The third-order valence-corrected chi connectivity index (χ3v) is 4.27. The summed E-state index contributed by atoms with van der Waals surface area (Å²) in [6.45, 7) is 0. The van der Waals surface area contributed by atoms with Gasteiger partial charge < -0.3 is 0 Å². The van der Waals surface area contributed by atoms with Gasteiger partial charge in [0.25, 0.3) is 0 Å². The van der Waals surface area contributed by atoms with E-state index < -0.39 is 0 Å². The predicted octanol–water partition coefficient (Wildman–Crippen LogP) is 3.11. The van der Waals surface area contributed by atoms with E-state index in [1.165, 1.54) is 11.6 Å². The molecule has 19 heavy (non-hydrogen) atoms. The molecule has 0 aliphatic rings. The number of aryl methyl sites for hydroxylation is 1. The first-order chi connectivity index (χ1) is 9.29. The monoisotopic (exact) mass is 321 g/mol. The Morgan fingerprint density at radius 3 is 2.84 bits per heavy atom. The van der Waals surface area contributed by atoms with Gasteiger partial charge in [-0.1, -0.05) is 0 Å². The van der Waals surface area contributed by atoms with E-state index in [0.717, 1.165) is 36.4 Å². The van der Waals surface area contributed by atoms with Gasteiger partial charge in [-0.05, 0) is 0 Å². The molecule has 1 aromatic heterocycles. The molecule has 4 heteroatoms. The van der Waals surface area contributed by atoms with Crippen LogP contribution < -0.4 is 5.63 Å². The Balaban J connectivity index is 1.91. The summed E-state index contributed by atoms with van der Waals surface area (Å²) >= 11 is 0.159. The molecule has 1 aromatic carbocycles. The van der Waals surface area contributed by atoms with Crippen molar-refractivity contribution in [1.82, 2.24) is 0 Å². The molecular weight excluding hydrogens is 305 g/mol.